The number of nitrogens with zero attached hydrogens (tertiary/aromatic N) is 3. The summed E-state index contributed by atoms with van der Waals surface area (Å²) in [6, 6.07) is 25.4. The van der Waals surface area contributed by atoms with Gasteiger partial charge < -0.3 is 9.84 Å². The highest BCUT2D eigenvalue weighted by atomic mass is 16.6. The Kier molecular flexibility index (Phi) is 7.89. The Morgan fingerprint density at radius 3 is 2.46 bits per heavy atom. The zero-order chi connectivity index (χ0) is 27.6. The van der Waals surface area contributed by atoms with Crippen LogP contribution in [-0.2, 0) is 11.3 Å². The first-order chi connectivity index (χ1) is 18.9. The van der Waals surface area contributed by atoms with Crippen LogP contribution in [0.3, 0.4) is 0 Å². The van der Waals surface area contributed by atoms with E-state index in [-0.39, 0.29) is 22.4 Å². The van der Waals surface area contributed by atoms with Crippen LogP contribution in [0.1, 0.15) is 56.0 Å². The van der Waals surface area contributed by atoms with Gasteiger partial charge in [-0.15, -0.1) is 0 Å². The standard InChI is InChI=1S/C33H39N3O3/c1-5-36(33(38)39-6-2)18-17-27-19-29(15-16-31(27)36)32(28-13-10-14-30(37)20-28)35-22-24(3)34(21-25(35)4)23-26-11-8-7-9-12-26/h7-20,24-25,32H,5-6,21-23H2,1-4H3/p+1/t24-,25+,32?,36-/m1/s1. The van der Waals surface area contributed by atoms with Crippen molar-refractivity contribution in [3.8, 4) is 5.75 Å². The molecule has 204 valence electrons. The molecule has 2 aliphatic heterocycles. The molecule has 39 heavy (non-hydrogen) atoms. The van der Waals surface area contributed by atoms with Crippen LogP contribution < -0.4 is 4.48 Å². The van der Waals surface area contributed by atoms with Crippen LogP contribution in [0.5, 0.6) is 5.75 Å². The van der Waals surface area contributed by atoms with E-state index in [4.69, 9.17) is 4.74 Å². The number of fused-ring (bicyclic) bond motifs is 1. The van der Waals surface area contributed by atoms with Crippen molar-refractivity contribution in [3.05, 3.63) is 101 Å². The van der Waals surface area contributed by atoms with Gasteiger partial charge in [0.15, 0.2) is 5.69 Å². The first-order valence-electron chi connectivity index (χ1n) is 14.1. The van der Waals surface area contributed by atoms with E-state index in [1.165, 1.54) is 5.56 Å². The number of aromatic hydroxyl groups is 1. The average molecular weight is 527 g/mol. The van der Waals surface area contributed by atoms with Gasteiger partial charge in [-0.1, -0.05) is 48.5 Å². The summed E-state index contributed by atoms with van der Waals surface area (Å²) in [6.07, 6.45) is 3.75. The molecule has 1 unspecified atom stereocenters. The Bertz CT molecular complexity index is 1340. The van der Waals surface area contributed by atoms with Gasteiger partial charge >= 0.3 is 6.09 Å². The van der Waals surface area contributed by atoms with Crippen LogP contribution in [0, 0.1) is 0 Å². The van der Waals surface area contributed by atoms with Crippen LogP contribution in [0.4, 0.5) is 10.5 Å². The maximum absolute atomic E-state index is 13.0. The number of benzene rings is 3. The SMILES string of the molecule is CCOC(=O)[N@+]1(CC)C=Cc2cc(C(c3cccc(O)c3)N3C[C@@H](C)N(Cc4ccccc4)C[C@@H]3C)ccc21. The predicted molar refractivity (Wildman–Crippen MR) is 157 cm³/mol. The van der Waals surface area contributed by atoms with Gasteiger partial charge in [0.1, 0.15) is 11.9 Å². The first kappa shape index (κ1) is 27.1. The van der Waals surface area contributed by atoms with E-state index in [9.17, 15) is 9.90 Å². The number of ether oxygens (including phenoxy) is 1. The van der Waals surface area contributed by atoms with Crippen molar-refractivity contribution in [2.75, 3.05) is 26.2 Å². The zero-order valence-electron chi connectivity index (χ0n) is 23.5. The molecular weight excluding hydrogens is 486 g/mol. The van der Waals surface area contributed by atoms with E-state index in [0.29, 0.717) is 25.2 Å². The summed E-state index contributed by atoms with van der Waals surface area (Å²) in [7, 11) is 0. The molecule has 0 bridgehead atoms. The van der Waals surface area contributed by atoms with Crippen molar-refractivity contribution in [3.63, 3.8) is 0 Å². The smallest absolute Gasteiger partial charge is 0.508 e. The van der Waals surface area contributed by atoms with E-state index in [2.05, 4.69) is 78.2 Å². The van der Waals surface area contributed by atoms with E-state index >= 15 is 0 Å². The van der Waals surface area contributed by atoms with Gasteiger partial charge in [-0.25, -0.2) is 0 Å². The van der Waals surface area contributed by atoms with Crippen molar-refractivity contribution in [2.45, 2.75) is 52.4 Å². The number of hydrogen-bond acceptors (Lipinski definition) is 5. The van der Waals surface area contributed by atoms with Crippen molar-refractivity contribution in [2.24, 2.45) is 0 Å². The van der Waals surface area contributed by atoms with Gasteiger partial charge in [0.05, 0.1) is 19.2 Å². The summed E-state index contributed by atoms with van der Waals surface area (Å²) in [6.45, 7) is 12.2. The summed E-state index contributed by atoms with van der Waals surface area (Å²) < 4.78 is 5.53. The zero-order valence-corrected chi connectivity index (χ0v) is 23.5. The number of phenolic OH excluding ortho intramolecular Hbond substituents is 1. The van der Waals surface area contributed by atoms with Crippen molar-refractivity contribution in [1.29, 1.82) is 0 Å². The number of hydrogen-bond donors (Lipinski definition) is 1. The molecule has 4 atom stereocenters. The van der Waals surface area contributed by atoms with E-state index in [1.807, 2.05) is 38.3 Å². The lowest BCUT2D eigenvalue weighted by molar-refractivity contribution is 0.0195. The molecule has 1 fully saturated rings. The van der Waals surface area contributed by atoms with Gasteiger partial charge in [-0.2, -0.15) is 9.28 Å². The molecule has 6 nitrogen and oxygen atoms in total. The van der Waals surface area contributed by atoms with Crippen LogP contribution >= 0.6 is 0 Å². The summed E-state index contributed by atoms with van der Waals surface area (Å²) in [4.78, 5) is 18.1. The molecule has 0 aromatic heterocycles. The second kappa shape index (κ2) is 11.3. The number of carbonyl (C=O) groups is 1. The van der Waals surface area contributed by atoms with E-state index in [0.717, 1.165) is 42.0 Å². The molecule has 0 saturated carbocycles. The molecular formula is C33H40N3O3+. The Hall–Kier alpha value is -3.45. The topological polar surface area (TPSA) is 53.0 Å². The maximum atomic E-state index is 13.0. The van der Waals surface area contributed by atoms with Gasteiger partial charge in [0.2, 0.25) is 0 Å². The van der Waals surface area contributed by atoms with Crippen molar-refractivity contribution >= 4 is 17.9 Å². The Labute approximate surface area is 232 Å². The molecule has 5 rings (SSSR count). The summed E-state index contributed by atoms with van der Waals surface area (Å²) >= 11 is 0. The highest BCUT2D eigenvalue weighted by Crippen LogP contribution is 2.41. The number of amides is 1. The lowest BCUT2D eigenvalue weighted by atomic mass is 9.92. The Morgan fingerprint density at radius 1 is 0.974 bits per heavy atom. The fourth-order valence-corrected chi connectivity index (χ4v) is 6.22. The predicted octanol–water partition coefficient (Wildman–Crippen LogP) is 6.54. The largest absolute Gasteiger partial charge is 0.525 e. The summed E-state index contributed by atoms with van der Waals surface area (Å²) in [5, 5.41) is 10.4. The second-order valence-corrected chi connectivity index (χ2v) is 10.8. The monoisotopic (exact) mass is 526 g/mol. The third kappa shape index (κ3) is 5.24. The summed E-state index contributed by atoms with van der Waals surface area (Å²) in [5.74, 6) is 0.269. The Balaban J connectivity index is 1.49. The molecule has 1 saturated heterocycles. The molecule has 0 aliphatic carbocycles. The molecule has 3 aromatic rings. The van der Waals surface area contributed by atoms with Gasteiger partial charge in [-0.3, -0.25) is 9.80 Å². The Morgan fingerprint density at radius 2 is 1.74 bits per heavy atom. The highest BCUT2D eigenvalue weighted by Gasteiger charge is 2.43. The molecule has 0 radical (unpaired) electrons. The first-order valence-corrected chi connectivity index (χ1v) is 14.1. The normalized spacial score (nSPS) is 23.9. The molecule has 1 N–H and O–H groups in total. The number of phenols is 1. The van der Waals surface area contributed by atoms with Crippen molar-refractivity contribution < 1.29 is 14.6 Å². The molecule has 2 heterocycles. The van der Waals surface area contributed by atoms with Gasteiger partial charge in [-0.05, 0) is 62.6 Å². The van der Waals surface area contributed by atoms with E-state index < -0.39 is 0 Å². The molecule has 0 spiro atoms. The fraction of sp³-hybridized carbons (Fsp3) is 0.364. The van der Waals surface area contributed by atoms with E-state index in [1.54, 1.807) is 6.07 Å². The second-order valence-electron chi connectivity index (χ2n) is 10.8. The fourth-order valence-electron chi connectivity index (χ4n) is 6.22. The molecule has 1 amide bonds. The van der Waals surface area contributed by atoms with Crippen LogP contribution in [0.15, 0.2) is 79.0 Å². The number of carbonyl (C=O) groups excluding carboxylic acids is 1. The van der Waals surface area contributed by atoms with Crippen LogP contribution in [-0.4, -0.2) is 59.3 Å². The average Bonchev–Trinajstić information content (AvgIpc) is 3.31. The molecule has 3 aromatic carbocycles. The molecule has 2 aliphatic rings. The lowest BCUT2D eigenvalue weighted by Gasteiger charge is -2.47. The van der Waals surface area contributed by atoms with Gasteiger partial charge in [0.25, 0.3) is 0 Å². The molecule has 6 heteroatoms. The minimum absolute atomic E-state index is 0.0288. The minimum atomic E-state index is -0.246. The quantitative estimate of drug-likeness (QED) is 0.354. The van der Waals surface area contributed by atoms with Crippen LogP contribution in [0.25, 0.3) is 6.08 Å². The lowest BCUT2D eigenvalue weighted by Crippen LogP contribution is -2.56. The number of piperazine rings is 1. The number of rotatable bonds is 7. The maximum Gasteiger partial charge on any atom is 0.525 e. The third-order valence-corrected chi connectivity index (χ3v) is 8.31. The van der Waals surface area contributed by atoms with Crippen molar-refractivity contribution in [1.82, 2.24) is 14.3 Å². The van der Waals surface area contributed by atoms with Gasteiger partial charge in [0, 0.05) is 49.4 Å². The van der Waals surface area contributed by atoms with Crippen LogP contribution in [0.2, 0.25) is 0 Å². The third-order valence-electron chi connectivity index (χ3n) is 8.31. The minimum Gasteiger partial charge on any atom is -0.508 e. The summed E-state index contributed by atoms with van der Waals surface area (Å²) in [5.41, 5.74) is 5.53. The highest BCUT2D eigenvalue weighted by molar-refractivity contribution is 5.92. The number of quaternary nitrogens is 1.